The van der Waals surface area contributed by atoms with Gasteiger partial charge in [0.25, 0.3) is 0 Å². The van der Waals surface area contributed by atoms with E-state index in [1.165, 1.54) is 12.1 Å². The molecule has 0 saturated carbocycles. The average Bonchev–Trinajstić information content (AvgIpc) is 2.97. The average molecular weight is 311 g/mol. The van der Waals surface area contributed by atoms with Crippen molar-refractivity contribution in [2.24, 2.45) is 0 Å². The normalized spacial score (nSPS) is 16.7. The van der Waals surface area contributed by atoms with Crippen molar-refractivity contribution in [1.29, 1.82) is 0 Å². The monoisotopic (exact) mass is 311 g/mol. The summed E-state index contributed by atoms with van der Waals surface area (Å²) < 4.78 is 42.2. The van der Waals surface area contributed by atoms with E-state index in [1.54, 1.807) is 18.3 Å². The van der Waals surface area contributed by atoms with E-state index in [2.05, 4.69) is 15.2 Å². The number of aromatic nitrogens is 2. The maximum absolute atomic E-state index is 12.1. The topological polar surface area (TPSA) is 39.1 Å². The number of halogens is 3. The van der Waals surface area contributed by atoms with Crippen LogP contribution in [0.25, 0.3) is 11.1 Å². The summed E-state index contributed by atoms with van der Waals surface area (Å²) in [5, 5.41) is 7.68. The first-order valence-corrected chi connectivity index (χ1v) is 7.12. The van der Waals surface area contributed by atoms with E-state index in [1.807, 2.05) is 10.9 Å². The molecular formula is C15H16F3N3O. The summed E-state index contributed by atoms with van der Waals surface area (Å²) in [5.74, 6) is -0.220. The zero-order valence-electron chi connectivity index (χ0n) is 11.8. The molecule has 1 aromatic carbocycles. The first-order valence-electron chi connectivity index (χ1n) is 7.12. The molecule has 1 fully saturated rings. The molecule has 1 aromatic heterocycles. The fourth-order valence-electron chi connectivity index (χ4n) is 2.61. The van der Waals surface area contributed by atoms with Crippen LogP contribution in [0.1, 0.15) is 18.9 Å². The second-order valence-electron chi connectivity index (χ2n) is 5.26. The summed E-state index contributed by atoms with van der Waals surface area (Å²) in [6.45, 7) is 1.95. The van der Waals surface area contributed by atoms with Crippen molar-refractivity contribution in [3.63, 3.8) is 0 Å². The first kappa shape index (κ1) is 14.9. The Kier molecular flexibility index (Phi) is 4.06. The molecule has 0 aliphatic carbocycles. The van der Waals surface area contributed by atoms with Crippen molar-refractivity contribution in [1.82, 2.24) is 15.1 Å². The molecule has 1 N–H and O–H groups in total. The number of ether oxygens (including phenoxy) is 1. The van der Waals surface area contributed by atoms with Gasteiger partial charge >= 0.3 is 6.36 Å². The molecule has 118 valence electrons. The Morgan fingerprint density at radius 1 is 1.09 bits per heavy atom. The Morgan fingerprint density at radius 3 is 2.41 bits per heavy atom. The van der Waals surface area contributed by atoms with Gasteiger partial charge in [-0.25, -0.2) is 0 Å². The van der Waals surface area contributed by atoms with Crippen LogP contribution in [0.2, 0.25) is 0 Å². The molecule has 1 saturated heterocycles. The van der Waals surface area contributed by atoms with Crippen molar-refractivity contribution in [3.8, 4) is 16.9 Å². The third-order valence-electron chi connectivity index (χ3n) is 3.71. The van der Waals surface area contributed by atoms with Crippen molar-refractivity contribution >= 4 is 0 Å². The molecule has 0 atom stereocenters. The van der Waals surface area contributed by atoms with Crippen molar-refractivity contribution in [2.75, 3.05) is 13.1 Å². The highest BCUT2D eigenvalue weighted by Gasteiger charge is 2.31. The van der Waals surface area contributed by atoms with E-state index in [0.717, 1.165) is 37.1 Å². The highest BCUT2D eigenvalue weighted by atomic mass is 19.4. The van der Waals surface area contributed by atoms with E-state index < -0.39 is 6.36 Å². The predicted octanol–water partition coefficient (Wildman–Crippen LogP) is 3.37. The smallest absolute Gasteiger partial charge is 0.406 e. The van der Waals surface area contributed by atoms with Crippen LogP contribution in [0.4, 0.5) is 13.2 Å². The lowest BCUT2D eigenvalue weighted by Crippen LogP contribution is -2.29. The summed E-state index contributed by atoms with van der Waals surface area (Å²) in [4.78, 5) is 0. The lowest BCUT2D eigenvalue weighted by Gasteiger charge is -2.22. The number of piperidine rings is 1. The van der Waals surface area contributed by atoms with Gasteiger partial charge in [-0.15, -0.1) is 13.2 Å². The second kappa shape index (κ2) is 6.00. The van der Waals surface area contributed by atoms with Crippen molar-refractivity contribution < 1.29 is 17.9 Å². The quantitative estimate of drug-likeness (QED) is 0.944. The van der Waals surface area contributed by atoms with Crippen LogP contribution in [0.5, 0.6) is 5.75 Å². The number of hydrogen-bond donors (Lipinski definition) is 1. The minimum atomic E-state index is -4.67. The zero-order valence-corrected chi connectivity index (χ0v) is 11.8. The third kappa shape index (κ3) is 3.59. The van der Waals surface area contributed by atoms with Crippen LogP contribution < -0.4 is 10.1 Å². The molecule has 3 rings (SSSR count). The SMILES string of the molecule is FC(F)(F)Oc1ccc(-c2cnn(C3CCNCC3)c2)cc1. The summed E-state index contributed by atoms with van der Waals surface area (Å²) in [7, 11) is 0. The van der Waals surface area contributed by atoms with Gasteiger partial charge in [-0.2, -0.15) is 5.10 Å². The third-order valence-corrected chi connectivity index (χ3v) is 3.71. The lowest BCUT2D eigenvalue weighted by molar-refractivity contribution is -0.274. The van der Waals surface area contributed by atoms with Gasteiger partial charge in [0.2, 0.25) is 0 Å². The van der Waals surface area contributed by atoms with Gasteiger partial charge in [-0.05, 0) is 43.6 Å². The van der Waals surface area contributed by atoms with Crippen molar-refractivity contribution in [2.45, 2.75) is 25.2 Å². The number of hydrogen-bond acceptors (Lipinski definition) is 3. The summed E-state index contributed by atoms with van der Waals surface area (Å²) in [6.07, 6.45) is 1.07. The largest absolute Gasteiger partial charge is 0.573 e. The van der Waals surface area contributed by atoms with E-state index in [9.17, 15) is 13.2 Å². The number of nitrogens with zero attached hydrogens (tertiary/aromatic N) is 2. The Morgan fingerprint density at radius 2 is 1.77 bits per heavy atom. The van der Waals surface area contributed by atoms with Crippen LogP contribution >= 0.6 is 0 Å². The van der Waals surface area contributed by atoms with Gasteiger partial charge in [-0.1, -0.05) is 12.1 Å². The molecule has 2 aromatic rings. The molecule has 0 bridgehead atoms. The summed E-state index contributed by atoms with van der Waals surface area (Å²) in [5.41, 5.74) is 1.70. The standard InChI is InChI=1S/C15H16F3N3O/c16-15(17,18)22-14-3-1-11(2-4-14)12-9-20-21(10-12)13-5-7-19-8-6-13/h1-4,9-10,13,19H,5-8H2. The molecule has 22 heavy (non-hydrogen) atoms. The fraction of sp³-hybridized carbons (Fsp3) is 0.400. The van der Waals surface area contributed by atoms with Crippen LogP contribution in [0.3, 0.4) is 0 Å². The fourth-order valence-corrected chi connectivity index (χ4v) is 2.61. The van der Waals surface area contributed by atoms with Crippen molar-refractivity contribution in [3.05, 3.63) is 36.7 Å². The molecule has 0 spiro atoms. The van der Waals surface area contributed by atoms with Crippen LogP contribution in [-0.4, -0.2) is 29.2 Å². The van der Waals surface area contributed by atoms with Crippen LogP contribution in [0, 0.1) is 0 Å². The van der Waals surface area contributed by atoms with Gasteiger partial charge in [0.1, 0.15) is 5.75 Å². The van der Waals surface area contributed by atoms with Gasteiger partial charge in [0, 0.05) is 11.8 Å². The molecule has 2 heterocycles. The van der Waals surface area contributed by atoms with Crippen LogP contribution in [0.15, 0.2) is 36.7 Å². The molecule has 1 aliphatic rings. The summed E-state index contributed by atoms with van der Waals surface area (Å²) >= 11 is 0. The maximum Gasteiger partial charge on any atom is 0.573 e. The van der Waals surface area contributed by atoms with E-state index >= 15 is 0 Å². The second-order valence-corrected chi connectivity index (χ2v) is 5.26. The molecule has 7 heteroatoms. The predicted molar refractivity (Wildman–Crippen MR) is 75.5 cm³/mol. The zero-order chi connectivity index (χ0) is 15.6. The minimum absolute atomic E-state index is 0.220. The van der Waals surface area contributed by atoms with Gasteiger partial charge in [0.05, 0.1) is 12.2 Å². The highest BCUT2D eigenvalue weighted by Crippen LogP contribution is 2.27. The van der Waals surface area contributed by atoms with E-state index in [0.29, 0.717) is 6.04 Å². The summed E-state index contributed by atoms with van der Waals surface area (Å²) in [6, 6.07) is 6.20. The lowest BCUT2D eigenvalue weighted by atomic mass is 10.1. The molecule has 1 aliphatic heterocycles. The van der Waals surface area contributed by atoms with Crippen LogP contribution in [-0.2, 0) is 0 Å². The Balaban J connectivity index is 1.73. The molecular weight excluding hydrogens is 295 g/mol. The Bertz CT molecular complexity index is 616. The number of alkyl halides is 3. The highest BCUT2D eigenvalue weighted by molar-refractivity contribution is 5.62. The molecule has 0 radical (unpaired) electrons. The first-order chi connectivity index (χ1) is 10.5. The van der Waals surface area contributed by atoms with E-state index in [-0.39, 0.29) is 5.75 Å². The number of benzene rings is 1. The van der Waals surface area contributed by atoms with Gasteiger partial charge in [-0.3, -0.25) is 4.68 Å². The number of rotatable bonds is 3. The minimum Gasteiger partial charge on any atom is -0.406 e. The maximum atomic E-state index is 12.1. The molecule has 0 amide bonds. The molecule has 0 unspecified atom stereocenters. The Labute approximate surface area is 125 Å². The number of nitrogens with one attached hydrogen (secondary N) is 1. The Hall–Kier alpha value is -2.02. The van der Waals surface area contributed by atoms with E-state index in [4.69, 9.17) is 0 Å². The van der Waals surface area contributed by atoms with Gasteiger partial charge < -0.3 is 10.1 Å². The molecule has 4 nitrogen and oxygen atoms in total. The van der Waals surface area contributed by atoms with Gasteiger partial charge in [0.15, 0.2) is 0 Å².